The summed E-state index contributed by atoms with van der Waals surface area (Å²) in [5.74, 6) is 0.274. The molecule has 3 nitrogen and oxygen atoms in total. The number of benzene rings is 1. The Morgan fingerprint density at radius 2 is 2.10 bits per heavy atom. The van der Waals surface area contributed by atoms with Gasteiger partial charge >= 0.3 is 0 Å². The molecule has 0 atom stereocenters. The predicted octanol–water partition coefficient (Wildman–Crippen LogP) is 3.81. The number of nitrogens with zero attached hydrogens (tertiary/aromatic N) is 1. The maximum atomic E-state index is 14.2. The Balaban J connectivity index is 2.72. The van der Waals surface area contributed by atoms with Crippen LogP contribution in [0.1, 0.15) is 49.3 Å². The minimum absolute atomic E-state index is 0.304. The van der Waals surface area contributed by atoms with E-state index in [1.165, 1.54) is 6.07 Å². The summed E-state index contributed by atoms with van der Waals surface area (Å²) < 4.78 is 19.6. The van der Waals surface area contributed by atoms with Crippen molar-refractivity contribution in [3.05, 3.63) is 28.6 Å². The van der Waals surface area contributed by atoms with E-state index in [-0.39, 0.29) is 5.82 Å². The third kappa shape index (κ3) is 2.25. The van der Waals surface area contributed by atoms with Crippen molar-refractivity contribution >= 4 is 6.08 Å². The number of rotatable bonds is 4. The molecule has 2 rings (SSSR count). The fourth-order valence-corrected chi connectivity index (χ4v) is 3.31. The first-order valence-electron chi connectivity index (χ1n) is 7.05. The first-order chi connectivity index (χ1) is 9.59. The lowest BCUT2D eigenvalue weighted by Crippen LogP contribution is -2.22. The minimum atomic E-state index is -0.616. The average Bonchev–Trinajstić information content (AvgIpc) is 2.91. The van der Waals surface area contributed by atoms with E-state index in [2.05, 4.69) is 4.99 Å². The van der Waals surface area contributed by atoms with Crippen LogP contribution in [0, 0.1) is 12.7 Å². The van der Waals surface area contributed by atoms with Crippen LogP contribution in [-0.4, -0.2) is 13.2 Å². The number of carbonyl (C=O) groups excluding carboxylic acids is 1. The van der Waals surface area contributed by atoms with Gasteiger partial charge in [-0.05, 0) is 43.4 Å². The molecule has 0 spiro atoms. The summed E-state index contributed by atoms with van der Waals surface area (Å²) in [6.45, 7) is 3.72. The third-order valence-corrected chi connectivity index (χ3v) is 4.32. The van der Waals surface area contributed by atoms with Crippen molar-refractivity contribution in [1.29, 1.82) is 0 Å². The van der Waals surface area contributed by atoms with Crippen LogP contribution in [0.3, 0.4) is 0 Å². The van der Waals surface area contributed by atoms with Gasteiger partial charge in [-0.1, -0.05) is 19.8 Å². The van der Waals surface area contributed by atoms with Crippen molar-refractivity contribution in [2.24, 2.45) is 4.99 Å². The lowest BCUT2D eigenvalue weighted by atomic mass is 9.83. The molecule has 0 N–H and O–H groups in total. The molecule has 108 valence electrons. The number of aliphatic imine (C=N–C) groups is 1. The monoisotopic (exact) mass is 277 g/mol. The van der Waals surface area contributed by atoms with E-state index >= 15 is 0 Å². The highest BCUT2D eigenvalue weighted by atomic mass is 19.1. The van der Waals surface area contributed by atoms with Gasteiger partial charge in [-0.15, -0.1) is 0 Å². The van der Waals surface area contributed by atoms with Crippen molar-refractivity contribution in [3.8, 4) is 5.75 Å². The van der Waals surface area contributed by atoms with Crippen molar-refractivity contribution < 1.29 is 13.9 Å². The van der Waals surface area contributed by atoms with E-state index in [0.717, 1.165) is 43.2 Å². The molecular formula is C16H20FNO2. The van der Waals surface area contributed by atoms with E-state index in [4.69, 9.17) is 4.74 Å². The summed E-state index contributed by atoms with van der Waals surface area (Å²) in [6.07, 6.45) is 5.92. The van der Waals surface area contributed by atoms with Crippen molar-refractivity contribution in [1.82, 2.24) is 0 Å². The highest BCUT2D eigenvalue weighted by Gasteiger charge is 2.38. The van der Waals surface area contributed by atoms with Gasteiger partial charge in [0, 0.05) is 5.56 Å². The van der Waals surface area contributed by atoms with Crippen molar-refractivity contribution in [3.63, 3.8) is 0 Å². The second-order valence-corrected chi connectivity index (χ2v) is 5.34. The molecule has 20 heavy (non-hydrogen) atoms. The molecule has 1 aromatic rings. The van der Waals surface area contributed by atoms with Crippen LogP contribution in [0.5, 0.6) is 5.75 Å². The highest BCUT2D eigenvalue weighted by molar-refractivity contribution is 5.51. The molecule has 0 radical (unpaired) electrons. The molecule has 1 saturated carbocycles. The second kappa shape index (κ2) is 5.76. The Morgan fingerprint density at radius 3 is 2.60 bits per heavy atom. The number of halogens is 1. The van der Waals surface area contributed by atoms with Gasteiger partial charge in [-0.25, -0.2) is 9.18 Å². The number of hydrogen-bond acceptors (Lipinski definition) is 3. The van der Waals surface area contributed by atoms with Crippen LogP contribution >= 0.6 is 0 Å². The van der Waals surface area contributed by atoms with Gasteiger partial charge in [0.05, 0.1) is 12.6 Å². The quantitative estimate of drug-likeness (QED) is 0.620. The minimum Gasteiger partial charge on any atom is -0.496 e. The largest absolute Gasteiger partial charge is 0.496 e. The van der Waals surface area contributed by atoms with Crippen LogP contribution in [0.15, 0.2) is 11.1 Å². The molecule has 1 aliphatic rings. The number of ether oxygens (including phenoxy) is 1. The van der Waals surface area contributed by atoms with E-state index < -0.39 is 5.54 Å². The standard InChI is InChI=1S/C16H20FNO2/c1-4-12-13(9-14(17)11(2)15(12)20-3)16(18-10-19)7-5-6-8-16/h9H,4-8H2,1-3H3. The summed E-state index contributed by atoms with van der Waals surface area (Å²) in [4.78, 5) is 14.9. The van der Waals surface area contributed by atoms with E-state index in [1.807, 2.05) is 6.92 Å². The molecule has 1 fully saturated rings. The van der Waals surface area contributed by atoms with Gasteiger partial charge in [0.2, 0.25) is 6.08 Å². The molecule has 0 aromatic heterocycles. The molecule has 4 heteroatoms. The van der Waals surface area contributed by atoms with Gasteiger partial charge in [0.25, 0.3) is 0 Å². The molecule has 0 unspecified atom stereocenters. The molecule has 0 bridgehead atoms. The van der Waals surface area contributed by atoms with Crippen molar-refractivity contribution in [2.45, 2.75) is 51.5 Å². The summed E-state index contributed by atoms with van der Waals surface area (Å²) in [5, 5.41) is 0. The van der Waals surface area contributed by atoms with E-state index in [0.29, 0.717) is 11.3 Å². The Labute approximate surface area is 118 Å². The fraction of sp³-hybridized carbons (Fsp3) is 0.562. The topological polar surface area (TPSA) is 38.7 Å². The zero-order chi connectivity index (χ0) is 14.8. The maximum Gasteiger partial charge on any atom is 0.235 e. The summed E-state index contributed by atoms with van der Waals surface area (Å²) in [6, 6.07) is 1.53. The molecular weight excluding hydrogens is 257 g/mol. The van der Waals surface area contributed by atoms with E-state index in [9.17, 15) is 9.18 Å². The normalized spacial score (nSPS) is 16.8. The van der Waals surface area contributed by atoms with Crippen molar-refractivity contribution in [2.75, 3.05) is 7.11 Å². The summed E-state index contributed by atoms with van der Waals surface area (Å²) in [7, 11) is 1.55. The smallest absolute Gasteiger partial charge is 0.235 e. The first kappa shape index (κ1) is 14.7. The number of isocyanates is 1. The second-order valence-electron chi connectivity index (χ2n) is 5.34. The molecule has 0 amide bonds. The molecule has 1 aliphatic carbocycles. The predicted molar refractivity (Wildman–Crippen MR) is 75.3 cm³/mol. The number of hydrogen-bond donors (Lipinski definition) is 0. The summed E-state index contributed by atoms with van der Waals surface area (Å²) in [5.41, 5.74) is 1.64. The van der Waals surface area contributed by atoms with Crippen LogP contribution in [-0.2, 0) is 16.8 Å². The highest BCUT2D eigenvalue weighted by Crippen LogP contribution is 2.46. The fourth-order valence-electron chi connectivity index (χ4n) is 3.31. The van der Waals surface area contributed by atoms with Crippen LogP contribution in [0.4, 0.5) is 4.39 Å². The average molecular weight is 277 g/mol. The van der Waals surface area contributed by atoms with Gasteiger partial charge in [0.1, 0.15) is 11.6 Å². The van der Waals surface area contributed by atoms with Gasteiger partial charge in [-0.2, -0.15) is 4.99 Å². The lowest BCUT2D eigenvalue weighted by Gasteiger charge is -2.27. The lowest BCUT2D eigenvalue weighted by molar-refractivity contribution is 0.392. The molecule has 0 heterocycles. The number of methoxy groups -OCH3 is 1. The SMILES string of the molecule is CCc1c(C2(N=C=O)CCCC2)cc(F)c(C)c1OC. The van der Waals surface area contributed by atoms with Crippen LogP contribution < -0.4 is 4.74 Å². The zero-order valence-corrected chi connectivity index (χ0v) is 12.3. The van der Waals surface area contributed by atoms with Gasteiger partial charge in [-0.3, -0.25) is 0 Å². The Hall–Kier alpha value is -1.67. The van der Waals surface area contributed by atoms with Crippen LogP contribution in [0.25, 0.3) is 0 Å². The summed E-state index contributed by atoms with van der Waals surface area (Å²) >= 11 is 0. The molecule has 0 aliphatic heterocycles. The Kier molecular flexibility index (Phi) is 4.24. The Morgan fingerprint density at radius 1 is 1.45 bits per heavy atom. The van der Waals surface area contributed by atoms with Gasteiger partial charge in [0.15, 0.2) is 0 Å². The zero-order valence-electron chi connectivity index (χ0n) is 12.3. The third-order valence-electron chi connectivity index (χ3n) is 4.32. The first-order valence-corrected chi connectivity index (χ1v) is 7.05. The molecule has 1 aromatic carbocycles. The molecule has 0 saturated heterocycles. The van der Waals surface area contributed by atoms with Gasteiger partial charge < -0.3 is 4.74 Å². The maximum absolute atomic E-state index is 14.2. The van der Waals surface area contributed by atoms with Crippen LogP contribution in [0.2, 0.25) is 0 Å². The van der Waals surface area contributed by atoms with E-state index in [1.54, 1.807) is 20.1 Å². The Bertz CT molecular complexity index is 556.